The van der Waals surface area contributed by atoms with Crippen LogP contribution in [0, 0.1) is 11.6 Å². The third-order valence-electron chi connectivity index (χ3n) is 6.35. The van der Waals surface area contributed by atoms with E-state index in [1.165, 1.54) is 54.0 Å². The monoisotopic (exact) mass is 540 g/mol. The summed E-state index contributed by atoms with van der Waals surface area (Å²) < 4.78 is 87.9. The zero-order valence-corrected chi connectivity index (χ0v) is 20.1. The van der Waals surface area contributed by atoms with Gasteiger partial charge >= 0.3 is 18.0 Å². The van der Waals surface area contributed by atoms with Crippen LogP contribution in [0.4, 0.5) is 26.3 Å². The fourth-order valence-corrected chi connectivity index (χ4v) is 4.02. The van der Waals surface area contributed by atoms with Crippen molar-refractivity contribution in [2.24, 2.45) is 0 Å². The largest absolute Gasteiger partial charge is 0.487 e. The molecule has 4 aromatic rings. The van der Waals surface area contributed by atoms with Crippen molar-refractivity contribution in [1.82, 2.24) is 29.1 Å². The van der Waals surface area contributed by atoms with E-state index in [2.05, 4.69) is 15.2 Å². The Labute approximate surface area is 212 Å². The number of aromatic nitrogens is 6. The van der Waals surface area contributed by atoms with Gasteiger partial charge in [-0.25, -0.2) is 36.6 Å². The van der Waals surface area contributed by atoms with E-state index in [0.29, 0.717) is 0 Å². The molecule has 0 radical (unpaired) electrons. The van der Waals surface area contributed by atoms with E-state index in [1.54, 1.807) is 13.8 Å². The number of benzene rings is 2. The van der Waals surface area contributed by atoms with E-state index in [9.17, 15) is 31.1 Å². The SMILES string of the molecule is CC(n1ncn(-c2ccc(OCC(F)(F)C(F)F)cc2)c1=O)C(C)(Cn1cncn1)c1ccc(F)cc1F. The van der Waals surface area contributed by atoms with E-state index in [-0.39, 0.29) is 23.5 Å². The maximum absolute atomic E-state index is 14.9. The number of rotatable bonds is 10. The Balaban J connectivity index is 1.64. The van der Waals surface area contributed by atoms with Crippen molar-refractivity contribution in [3.8, 4) is 11.4 Å². The molecule has 0 amide bonds. The number of alkyl halides is 4. The molecule has 2 heterocycles. The maximum Gasteiger partial charge on any atom is 0.350 e. The highest BCUT2D eigenvalue weighted by Crippen LogP contribution is 2.38. The third-order valence-corrected chi connectivity index (χ3v) is 6.35. The zero-order valence-electron chi connectivity index (χ0n) is 20.1. The third kappa shape index (κ3) is 5.29. The molecule has 4 rings (SSSR count). The molecule has 0 saturated carbocycles. The van der Waals surface area contributed by atoms with Gasteiger partial charge in [-0.2, -0.15) is 19.0 Å². The van der Waals surface area contributed by atoms with E-state index in [4.69, 9.17) is 4.74 Å². The fourth-order valence-electron chi connectivity index (χ4n) is 4.02. The van der Waals surface area contributed by atoms with Gasteiger partial charge in [-0.15, -0.1) is 0 Å². The molecule has 0 fully saturated rings. The molecular formula is C24H22F6N6O2. The first-order chi connectivity index (χ1) is 17.9. The van der Waals surface area contributed by atoms with Crippen LogP contribution in [0.3, 0.4) is 0 Å². The van der Waals surface area contributed by atoms with Gasteiger partial charge in [-0.05, 0) is 42.8 Å². The molecular weight excluding hydrogens is 518 g/mol. The summed E-state index contributed by atoms with van der Waals surface area (Å²) in [5.41, 5.74) is -1.34. The molecule has 2 unspecified atom stereocenters. The lowest BCUT2D eigenvalue weighted by Gasteiger charge is -2.35. The van der Waals surface area contributed by atoms with Gasteiger partial charge in [0.15, 0.2) is 6.61 Å². The van der Waals surface area contributed by atoms with Gasteiger partial charge in [-0.3, -0.25) is 4.68 Å². The van der Waals surface area contributed by atoms with Crippen LogP contribution in [0.15, 0.2) is 66.2 Å². The number of halogens is 6. The Hall–Kier alpha value is -4.10. The lowest BCUT2D eigenvalue weighted by molar-refractivity contribution is -0.148. The molecule has 2 aromatic carbocycles. The van der Waals surface area contributed by atoms with Crippen LogP contribution in [0.5, 0.6) is 5.75 Å². The molecule has 2 atom stereocenters. The average Bonchev–Trinajstić information content (AvgIpc) is 3.52. The van der Waals surface area contributed by atoms with Gasteiger partial charge < -0.3 is 4.74 Å². The molecule has 2 aromatic heterocycles. The van der Waals surface area contributed by atoms with Crippen molar-refractivity contribution in [1.29, 1.82) is 0 Å². The standard InChI is InChI=1S/C24H22F6N6O2/c1-15(23(2,10-34-13-31-12-32-34)19-8-3-16(25)9-20(19)26)36-22(37)35(14-33-36)17-4-6-18(7-5-17)38-11-24(29,30)21(27)28/h3-9,12-15,21H,10-11H2,1-2H3. The van der Waals surface area contributed by atoms with Gasteiger partial charge in [0.2, 0.25) is 0 Å². The van der Waals surface area contributed by atoms with Crippen LogP contribution in [-0.4, -0.2) is 48.1 Å². The van der Waals surface area contributed by atoms with Crippen LogP contribution in [-0.2, 0) is 12.0 Å². The van der Waals surface area contributed by atoms with Crippen molar-refractivity contribution in [3.63, 3.8) is 0 Å². The summed E-state index contributed by atoms with van der Waals surface area (Å²) in [6, 6.07) is 7.61. The summed E-state index contributed by atoms with van der Waals surface area (Å²) >= 11 is 0. The van der Waals surface area contributed by atoms with Gasteiger partial charge in [0, 0.05) is 11.5 Å². The first-order valence-electron chi connectivity index (χ1n) is 11.3. The average molecular weight is 540 g/mol. The quantitative estimate of drug-likeness (QED) is 0.279. The first-order valence-corrected chi connectivity index (χ1v) is 11.3. The predicted octanol–water partition coefficient (Wildman–Crippen LogP) is 4.40. The molecule has 14 heteroatoms. The fraction of sp³-hybridized carbons (Fsp3) is 0.333. The molecule has 0 spiro atoms. The highest BCUT2D eigenvalue weighted by atomic mass is 19.3. The van der Waals surface area contributed by atoms with E-state index in [0.717, 1.165) is 21.4 Å². The van der Waals surface area contributed by atoms with Crippen LogP contribution in [0.2, 0.25) is 0 Å². The van der Waals surface area contributed by atoms with Gasteiger partial charge in [0.1, 0.15) is 36.4 Å². The normalized spacial score (nSPS) is 14.4. The minimum atomic E-state index is -4.31. The predicted molar refractivity (Wildman–Crippen MR) is 123 cm³/mol. The summed E-state index contributed by atoms with van der Waals surface area (Å²) in [4.78, 5) is 17.2. The number of hydrogen-bond acceptors (Lipinski definition) is 5. The second-order valence-electron chi connectivity index (χ2n) is 8.88. The number of hydrogen-bond donors (Lipinski definition) is 0. The molecule has 0 aliphatic rings. The summed E-state index contributed by atoms with van der Waals surface area (Å²) in [7, 11) is 0. The smallest absolute Gasteiger partial charge is 0.350 e. The summed E-state index contributed by atoms with van der Waals surface area (Å²) in [6.07, 6.45) is 0.0759. The number of ether oxygens (including phenoxy) is 1. The van der Waals surface area contributed by atoms with Gasteiger partial charge in [0.25, 0.3) is 0 Å². The van der Waals surface area contributed by atoms with Gasteiger partial charge in [0.05, 0.1) is 18.3 Å². The first kappa shape index (κ1) is 26.9. The second kappa shape index (κ2) is 10.3. The molecule has 202 valence electrons. The van der Waals surface area contributed by atoms with Crippen LogP contribution < -0.4 is 10.4 Å². The molecule has 0 bridgehead atoms. The van der Waals surface area contributed by atoms with Crippen molar-refractivity contribution in [2.75, 3.05) is 6.61 Å². The van der Waals surface area contributed by atoms with E-state index >= 15 is 0 Å². The Morgan fingerprint density at radius 2 is 1.74 bits per heavy atom. The zero-order chi connectivity index (χ0) is 27.7. The molecule has 0 aliphatic heterocycles. The van der Waals surface area contributed by atoms with E-state index < -0.39 is 47.7 Å². The van der Waals surface area contributed by atoms with Crippen LogP contribution >= 0.6 is 0 Å². The minimum absolute atomic E-state index is 0.0747. The molecule has 0 saturated heterocycles. The lowest BCUT2D eigenvalue weighted by Crippen LogP contribution is -2.42. The molecule has 38 heavy (non-hydrogen) atoms. The summed E-state index contributed by atoms with van der Waals surface area (Å²) in [5, 5.41) is 8.25. The van der Waals surface area contributed by atoms with Crippen molar-refractivity contribution in [2.45, 2.75) is 44.2 Å². The minimum Gasteiger partial charge on any atom is -0.487 e. The van der Waals surface area contributed by atoms with E-state index in [1.807, 2.05) is 0 Å². The summed E-state index contributed by atoms with van der Waals surface area (Å²) in [5.74, 6) is -5.97. The van der Waals surface area contributed by atoms with Crippen molar-refractivity contribution in [3.05, 3.63) is 89.1 Å². The van der Waals surface area contributed by atoms with Gasteiger partial charge in [-0.1, -0.05) is 13.0 Å². The molecule has 8 nitrogen and oxygen atoms in total. The van der Waals surface area contributed by atoms with Crippen LogP contribution in [0.25, 0.3) is 5.69 Å². The topological polar surface area (TPSA) is 79.8 Å². The molecule has 0 N–H and O–H groups in total. The lowest BCUT2D eigenvalue weighted by atomic mass is 9.76. The second-order valence-corrected chi connectivity index (χ2v) is 8.88. The number of nitrogens with zero attached hydrogens (tertiary/aromatic N) is 6. The summed E-state index contributed by atoms with van der Waals surface area (Å²) in [6.45, 7) is 1.90. The Kier molecular flexibility index (Phi) is 7.33. The van der Waals surface area contributed by atoms with Crippen molar-refractivity contribution < 1.29 is 31.1 Å². The highest BCUT2D eigenvalue weighted by molar-refractivity contribution is 5.37. The Morgan fingerprint density at radius 1 is 1.03 bits per heavy atom. The molecule has 0 aliphatic carbocycles. The maximum atomic E-state index is 14.9. The Morgan fingerprint density at radius 3 is 2.34 bits per heavy atom. The Bertz CT molecular complexity index is 1440. The van der Waals surface area contributed by atoms with Crippen LogP contribution in [0.1, 0.15) is 25.5 Å². The van der Waals surface area contributed by atoms with Crippen molar-refractivity contribution >= 4 is 0 Å². The highest BCUT2D eigenvalue weighted by Gasteiger charge is 2.42.